The Morgan fingerprint density at radius 2 is 2.21 bits per heavy atom. The molecule has 0 heterocycles. The third-order valence-electron chi connectivity index (χ3n) is 1.72. The summed E-state index contributed by atoms with van der Waals surface area (Å²) in [5.41, 5.74) is 0.0796. The van der Waals surface area contributed by atoms with E-state index in [1.165, 1.54) is 26.3 Å². The lowest BCUT2D eigenvalue weighted by Crippen LogP contribution is -2.25. The van der Waals surface area contributed by atoms with Gasteiger partial charge in [-0.3, -0.25) is 9.63 Å². The maximum Gasteiger partial charge on any atom is 0.278 e. The number of carbonyl (C=O) groups excluding carboxylic acids is 1. The van der Waals surface area contributed by atoms with Crippen LogP contribution in [0, 0.1) is 5.82 Å². The molecule has 0 aliphatic carbocycles. The van der Waals surface area contributed by atoms with Crippen LogP contribution in [-0.4, -0.2) is 25.1 Å². The second kappa shape index (κ2) is 4.39. The molecule has 3 nitrogen and oxygen atoms in total. The summed E-state index contributed by atoms with van der Waals surface area (Å²) >= 11 is 5.72. The van der Waals surface area contributed by atoms with E-state index in [4.69, 9.17) is 11.6 Å². The molecule has 0 saturated carbocycles. The first-order chi connectivity index (χ1) is 6.56. The second-order valence-corrected chi connectivity index (χ2v) is 3.02. The fourth-order valence-corrected chi connectivity index (χ4v) is 1.11. The number of nitrogens with zero attached hydrogens (tertiary/aromatic N) is 1. The fourth-order valence-electron chi connectivity index (χ4n) is 0.914. The van der Waals surface area contributed by atoms with Crippen LogP contribution in [0.2, 0.25) is 5.02 Å². The first kappa shape index (κ1) is 10.9. The largest absolute Gasteiger partial charge is 0.278 e. The topological polar surface area (TPSA) is 29.5 Å². The van der Waals surface area contributed by atoms with Crippen molar-refractivity contribution in [2.45, 2.75) is 0 Å². The van der Waals surface area contributed by atoms with Crippen molar-refractivity contribution in [1.82, 2.24) is 5.06 Å². The fraction of sp³-hybridized carbons (Fsp3) is 0.222. The van der Waals surface area contributed by atoms with E-state index in [2.05, 4.69) is 4.84 Å². The summed E-state index contributed by atoms with van der Waals surface area (Å²) in [6, 6.07) is 3.58. The van der Waals surface area contributed by atoms with E-state index >= 15 is 0 Å². The lowest BCUT2D eigenvalue weighted by molar-refractivity contribution is -0.0757. The summed E-state index contributed by atoms with van der Waals surface area (Å²) in [4.78, 5) is 16.2. The Balaban J connectivity index is 3.06. The number of hydroxylamine groups is 2. The molecule has 0 aliphatic heterocycles. The van der Waals surface area contributed by atoms with E-state index in [1.807, 2.05) is 0 Å². The van der Waals surface area contributed by atoms with Crippen LogP contribution < -0.4 is 0 Å². The second-order valence-electron chi connectivity index (χ2n) is 2.61. The molecule has 0 saturated heterocycles. The maximum absolute atomic E-state index is 12.8. The zero-order chi connectivity index (χ0) is 10.7. The Labute approximate surface area is 86.0 Å². The minimum atomic E-state index is -0.512. The molecule has 1 amide bonds. The maximum atomic E-state index is 12.8. The molecule has 0 atom stereocenters. The minimum absolute atomic E-state index is 0.0796. The smallest absolute Gasteiger partial charge is 0.274 e. The van der Waals surface area contributed by atoms with Crippen molar-refractivity contribution >= 4 is 17.5 Å². The van der Waals surface area contributed by atoms with Crippen molar-refractivity contribution in [1.29, 1.82) is 0 Å². The van der Waals surface area contributed by atoms with Crippen LogP contribution in [0.1, 0.15) is 10.4 Å². The monoisotopic (exact) mass is 217 g/mol. The van der Waals surface area contributed by atoms with E-state index in [9.17, 15) is 9.18 Å². The van der Waals surface area contributed by atoms with E-state index in [-0.39, 0.29) is 10.6 Å². The number of benzene rings is 1. The van der Waals surface area contributed by atoms with E-state index < -0.39 is 11.7 Å². The Bertz CT molecular complexity index is 357. The van der Waals surface area contributed by atoms with Gasteiger partial charge in [0.25, 0.3) is 5.91 Å². The average Bonchev–Trinajstić information content (AvgIpc) is 2.19. The van der Waals surface area contributed by atoms with Gasteiger partial charge in [0.05, 0.1) is 17.7 Å². The lowest BCUT2D eigenvalue weighted by atomic mass is 10.2. The van der Waals surface area contributed by atoms with Gasteiger partial charge in [0.15, 0.2) is 0 Å². The van der Waals surface area contributed by atoms with Gasteiger partial charge in [-0.1, -0.05) is 11.6 Å². The molecule has 1 aromatic carbocycles. The first-order valence-electron chi connectivity index (χ1n) is 3.83. The van der Waals surface area contributed by atoms with Gasteiger partial charge in [-0.25, -0.2) is 9.45 Å². The number of hydrogen-bond donors (Lipinski definition) is 0. The lowest BCUT2D eigenvalue weighted by Gasteiger charge is -2.14. The first-order valence-corrected chi connectivity index (χ1v) is 4.21. The molecule has 0 bridgehead atoms. The van der Waals surface area contributed by atoms with E-state index in [0.29, 0.717) is 0 Å². The molecule has 14 heavy (non-hydrogen) atoms. The Kier molecular flexibility index (Phi) is 3.43. The highest BCUT2D eigenvalue weighted by Crippen LogP contribution is 2.18. The highest BCUT2D eigenvalue weighted by molar-refractivity contribution is 6.33. The zero-order valence-corrected chi connectivity index (χ0v) is 8.51. The molecule has 0 spiro atoms. The third-order valence-corrected chi connectivity index (χ3v) is 2.05. The average molecular weight is 218 g/mol. The quantitative estimate of drug-likeness (QED) is 0.711. The standard InChI is InChI=1S/C9H9ClFNO2/c1-12(14-2)9(13)7-5-6(11)3-4-8(7)10/h3-5H,1-2H3. The third kappa shape index (κ3) is 2.21. The van der Waals surface area contributed by atoms with Crippen molar-refractivity contribution in [3.63, 3.8) is 0 Å². The number of amides is 1. The summed E-state index contributed by atoms with van der Waals surface area (Å²) < 4.78 is 12.8. The zero-order valence-electron chi connectivity index (χ0n) is 7.75. The van der Waals surface area contributed by atoms with Crippen molar-refractivity contribution in [3.05, 3.63) is 34.6 Å². The van der Waals surface area contributed by atoms with Gasteiger partial charge in [-0.2, -0.15) is 0 Å². The van der Waals surface area contributed by atoms with Gasteiger partial charge in [-0.05, 0) is 18.2 Å². The van der Waals surface area contributed by atoms with E-state index in [0.717, 1.165) is 11.1 Å². The molecule has 1 rings (SSSR count). The van der Waals surface area contributed by atoms with Crippen LogP contribution in [0.15, 0.2) is 18.2 Å². The molecule has 0 aromatic heterocycles. The molecule has 76 valence electrons. The van der Waals surface area contributed by atoms with Crippen LogP contribution in [0.4, 0.5) is 4.39 Å². The van der Waals surface area contributed by atoms with Gasteiger partial charge in [-0.15, -0.1) is 0 Å². The van der Waals surface area contributed by atoms with Crippen LogP contribution in [0.3, 0.4) is 0 Å². The Hall–Kier alpha value is -1.13. The number of rotatable bonds is 2. The molecule has 5 heteroatoms. The summed E-state index contributed by atoms with van der Waals surface area (Å²) in [7, 11) is 2.76. The molecule has 0 N–H and O–H groups in total. The molecule has 1 aromatic rings. The molecule has 0 radical (unpaired) electrons. The molecular weight excluding hydrogens is 209 g/mol. The highest BCUT2D eigenvalue weighted by atomic mass is 35.5. The van der Waals surface area contributed by atoms with Crippen molar-refractivity contribution in [2.24, 2.45) is 0 Å². The van der Waals surface area contributed by atoms with Crippen molar-refractivity contribution in [3.8, 4) is 0 Å². The number of halogens is 2. The van der Waals surface area contributed by atoms with Crippen LogP contribution in [0.5, 0.6) is 0 Å². The number of hydrogen-bond acceptors (Lipinski definition) is 2. The van der Waals surface area contributed by atoms with Crippen molar-refractivity contribution in [2.75, 3.05) is 14.2 Å². The van der Waals surface area contributed by atoms with Crippen LogP contribution >= 0.6 is 11.6 Å². The SMILES string of the molecule is CON(C)C(=O)c1cc(F)ccc1Cl. The minimum Gasteiger partial charge on any atom is -0.274 e. The van der Waals surface area contributed by atoms with Gasteiger partial charge >= 0.3 is 0 Å². The van der Waals surface area contributed by atoms with Gasteiger partial charge in [0, 0.05) is 7.05 Å². The summed E-state index contributed by atoms with van der Waals surface area (Å²) in [6.45, 7) is 0. The summed E-state index contributed by atoms with van der Waals surface area (Å²) in [6.07, 6.45) is 0. The van der Waals surface area contributed by atoms with E-state index in [1.54, 1.807) is 0 Å². The Morgan fingerprint density at radius 3 is 2.79 bits per heavy atom. The van der Waals surface area contributed by atoms with Crippen LogP contribution in [-0.2, 0) is 4.84 Å². The Morgan fingerprint density at radius 1 is 1.57 bits per heavy atom. The summed E-state index contributed by atoms with van der Waals surface area (Å²) in [5.74, 6) is -1.00. The molecule has 0 aliphatic rings. The van der Waals surface area contributed by atoms with Gasteiger partial charge < -0.3 is 0 Å². The van der Waals surface area contributed by atoms with Crippen LogP contribution in [0.25, 0.3) is 0 Å². The van der Waals surface area contributed by atoms with Crippen molar-refractivity contribution < 1.29 is 14.0 Å². The van der Waals surface area contributed by atoms with Gasteiger partial charge in [0.1, 0.15) is 5.82 Å². The molecular formula is C9H9ClFNO2. The van der Waals surface area contributed by atoms with Gasteiger partial charge in [0.2, 0.25) is 0 Å². The number of carbonyl (C=O) groups is 1. The molecule has 0 fully saturated rings. The predicted molar refractivity (Wildman–Crippen MR) is 50.5 cm³/mol. The highest BCUT2D eigenvalue weighted by Gasteiger charge is 2.15. The normalized spacial score (nSPS) is 10.0. The molecule has 0 unspecified atom stereocenters. The summed E-state index contributed by atoms with van der Waals surface area (Å²) in [5, 5.41) is 1.17. The predicted octanol–water partition coefficient (Wildman–Crippen LogP) is 2.11.